The highest BCUT2D eigenvalue weighted by atomic mass is 35.5. The fraction of sp³-hybridized carbons (Fsp3) is 0.548. The molecule has 2 fully saturated rings. The number of amides is 2. The first kappa shape index (κ1) is 34.9. The van der Waals surface area contributed by atoms with Crippen molar-refractivity contribution in [3.63, 3.8) is 0 Å². The minimum Gasteiger partial charge on any atom is -0.393 e. The van der Waals surface area contributed by atoms with Crippen molar-refractivity contribution in [1.82, 2.24) is 10.6 Å². The SMILES string of the molecule is CC(C)(C)C.O=CNCCCC1CC[C@@H](O)C1.O=CNc1cc(Cl)c(F)cc1[C@@H]1CNC[C@@H]1c1cccc(Cl)c1F. The van der Waals surface area contributed by atoms with E-state index in [1.54, 1.807) is 12.1 Å². The Balaban J connectivity index is 0.000000288. The first-order chi connectivity index (χ1) is 19.3. The molecule has 1 saturated carbocycles. The molecule has 6 nitrogen and oxygen atoms in total. The van der Waals surface area contributed by atoms with Crippen LogP contribution in [0.15, 0.2) is 30.3 Å². The average Bonchev–Trinajstić information content (AvgIpc) is 3.54. The van der Waals surface area contributed by atoms with Gasteiger partial charge in [0.05, 0.1) is 16.1 Å². The maximum absolute atomic E-state index is 14.4. The largest absolute Gasteiger partial charge is 0.393 e. The van der Waals surface area contributed by atoms with E-state index < -0.39 is 11.6 Å². The highest BCUT2D eigenvalue weighted by Gasteiger charge is 2.34. The number of benzene rings is 2. The number of carbonyl (C=O) groups is 2. The molecule has 1 heterocycles. The van der Waals surface area contributed by atoms with E-state index in [9.17, 15) is 23.5 Å². The minimum absolute atomic E-state index is 0.0478. The van der Waals surface area contributed by atoms with Crippen LogP contribution in [0.5, 0.6) is 0 Å². The van der Waals surface area contributed by atoms with Crippen LogP contribution in [0.2, 0.25) is 10.0 Å². The fourth-order valence-electron chi connectivity index (χ4n) is 5.06. The molecule has 0 spiro atoms. The number of hydrogen-bond donors (Lipinski definition) is 4. The van der Waals surface area contributed by atoms with Gasteiger partial charge in [-0.1, -0.05) is 63.0 Å². The van der Waals surface area contributed by atoms with Gasteiger partial charge in [-0.05, 0) is 72.8 Å². The van der Waals surface area contributed by atoms with Gasteiger partial charge < -0.3 is 21.1 Å². The topological polar surface area (TPSA) is 90.5 Å². The van der Waals surface area contributed by atoms with Crippen LogP contribution in [-0.4, -0.2) is 43.7 Å². The average molecular weight is 615 g/mol. The lowest BCUT2D eigenvalue weighted by molar-refractivity contribution is -0.109. The van der Waals surface area contributed by atoms with Gasteiger partial charge >= 0.3 is 0 Å². The molecule has 1 aliphatic heterocycles. The van der Waals surface area contributed by atoms with E-state index in [1.165, 1.54) is 18.2 Å². The van der Waals surface area contributed by atoms with Gasteiger partial charge in [0.2, 0.25) is 12.8 Å². The Morgan fingerprint density at radius 3 is 2.24 bits per heavy atom. The monoisotopic (exact) mass is 613 g/mol. The zero-order valence-electron chi connectivity index (χ0n) is 24.3. The molecule has 2 aromatic carbocycles. The fourth-order valence-corrected chi connectivity index (χ4v) is 5.40. The Morgan fingerprint density at radius 1 is 1.00 bits per heavy atom. The maximum atomic E-state index is 14.4. The summed E-state index contributed by atoms with van der Waals surface area (Å²) in [5, 5.41) is 17.6. The number of carbonyl (C=O) groups excluding carboxylic acids is 2. The molecule has 10 heteroatoms. The van der Waals surface area contributed by atoms with Crippen LogP contribution >= 0.6 is 23.2 Å². The summed E-state index contributed by atoms with van der Waals surface area (Å²) in [7, 11) is 0. The molecule has 1 saturated heterocycles. The second-order valence-corrected chi connectivity index (χ2v) is 13.0. The number of nitrogens with one attached hydrogen (secondary N) is 3. The molecule has 0 radical (unpaired) electrons. The normalized spacial score (nSPS) is 21.7. The van der Waals surface area contributed by atoms with Crippen LogP contribution in [0.3, 0.4) is 0 Å². The number of halogens is 4. The van der Waals surface area contributed by atoms with Crippen molar-refractivity contribution in [3.8, 4) is 0 Å². The van der Waals surface area contributed by atoms with Gasteiger partial charge in [0.25, 0.3) is 0 Å². The van der Waals surface area contributed by atoms with E-state index in [0.717, 1.165) is 45.1 Å². The number of anilines is 1. The second kappa shape index (κ2) is 17.0. The van der Waals surface area contributed by atoms with E-state index in [2.05, 4.69) is 43.6 Å². The summed E-state index contributed by atoms with van der Waals surface area (Å²) in [4.78, 5) is 20.7. The standard InChI is InChI=1S/C17H14Cl2F2N2O.C9H17NO2.C5H12/c18-13-3-1-2-9(17(13)21)11-6-22-7-12(11)10-4-15(20)14(19)5-16(10)23-8-24;11-7-10-5-1-2-8-3-4-9(12)6-8;1-5(2,3)4/h1-5,8,11-12,22H,6-7H2,(H,23,24);7-9,12H,1-6H2,(H,10,11);1-4H3/t11-,12+;8?,9-;/m11./s1. The van der Waals surface area contributed by atoms with E-state index in [0.29, 0.717) is 47.6 Å². The van der Waals surface area contributed by atoms with Crippen molar-refractivity contribution < 1.29 is 23.5 Å². The Hall–Kier alpha value is -2.26. The lowest BCUT2D eigenvalue weighted by Crippen LogP contribution is -2.13. The number of rotatable bonds is 9. The third-order valence-corrected chi connectivity index (χ3v) is 7.41. The van der Waals surface area contributed by atoms with Crippen LogP contribution in [0.1, 0.15) is 82.8 Å². The first-order valence-corrected chi connectivity index (χ1v) is 14.8. The van der Waals surface area contributed by atoms with E-state index in [1.807, 2.05) is 0 Å². The van der Waals surface area contributed by atoms with Crippen molar-refractivity contribution in [2.75, 3.05) is 25.0 Å². The van der Waals surface area contributed by atoms with Gasteiger partial charge in [0, 0.05) is 37.2 Å². The summed E-state index contributed by atoms with van der Waals surface area (Å²) in [6.07, 6.45) is 6.44. The quantitative estimate of drug-likeness (QED) is 0.180. The van der Waals surface area contributed by atoms with E-state index in [4.69, 9.17) is 23.2 Å². The second-order valence-electron chi connectivity index (χ2n) is 12.2. The van der Waals surface area contributed by atoms with E-state index in [-0.39, 0.29) is 28.0 Å². The van der Waals surface area contributed by atoms with E-state index >= 15 is 0 Å². The molecule has 2 amide bonds. The Labute approximate surface area is 252 Å². The lowest BCUT2D eigenvalue weighted by Gasteiger charge is -2.23. The minimum atomic E-state index is -0.583. The van der Waals surface area contributed by atoms with Crippen molar-refractivity contribution in [1.29, 1.82) is 0 Å². The van der Waals surface area contributed by atoms with Gasteiger partial charge in [-0.2, -0.15) is 0 Å². The summed E-state index contributed by atoms with van der Waals surface area (Å²) in [5.41, 5.74) is 1.95. The molecule has 0 aromatic heterocycles. The van der Waals surface area contributed by atoms with Crippen molar-refractivity contribution >= 4 is 41.7 Å². The predicted octanol–water partition coefficient (Wildman–Crippen LogP) is 7.04. The molecule has 2 aliphatic rings. The van der Waals surface area contributed by atoms with Crippen molar-refractivity contribution in [2.45, 2.75) is 77.7 Å². The van der Waals surface area contributed by atoms with Crippen LogP contribution in [0.4, 0.5) is 14.5 Å². The first-order valence-electron chi connectivity index (χ1n) is 14.0. The molecule has 4 atom stereocenters. The maximum Gasteiger partial charge on any atom is 0.211 e. The molecule has 0 bridgehead atoms. The van der Waals surface area contributed by atoms with Gasteiger partial charge in [0.1, 0.15) is 11.6 Å². The molecule has 1 aliphatic carbocycles. The Morgan fingerprint density at radius 2 is 1.66 bits per heavy atom. The summed E-state index contributed by atoms with van der Waals surface area (Å²) in [5.74, 6) is -0.838. The molecule has 41 heavy (non-hydrogen) atoms. The predicted molar refractivity (Wildman–Crippen MR) is 163 cm³/mol. The summed E-state index contributed by atoms with van der Waals surface area (Å²) in [6.45, 7) is 10.6. The molecular formula is C31H43Cl2F2N3O3. The molecule has 4 rings (SSSR count). The van der Waals surface area contributed by atoms with Crippen LogP contribution < -0.4 is 16.0 Å². The summed E-state index contributed by atoms with van der Waals surface area (Å²) >= 11 is 11.7. The molecule has 2 aromatic rings. The van der Waals surface area contributed by atoms with Gasteiger partial charge in [-0.15, -0.1) is 0 Å². The third-order valence-electron chi connectivity index (χ3n) is 6.83. The highest BCUT2D eigenvalue weighted by Crippen LogP contribution is 2.42. The van der Waals surface area contributed by atoms with Crippen molar-refractivity contribution in [3.05, 3.63) is 63.1 Å². The summed E-state index contributed by atoms with van der Waals surface area (Å²) in [6, 6.07) is 7.50. The van der Waals surface area contributed by atoms with Crippen LogP contribution in [0, 0.1) is 23.0 Å². The van der Waals surface area contributed by atoms with Gasteiger partial charge in [0.15, 0.2) is 0 Å². The zero-order valence-corrected chi connectivity index (χ0v) is 25.8. The number of hydrogen-bond acceptors (Lipinski definition) is 4. The van der Waals surface area contributed by atoms with Crippen molar-refractivity contribution in [2.24, 2.45) is 11.3 Å². The van der Waals surface area contributed by atoms with Gasteiger partial charge in [-0.25, -0.2) is 8.78 Å². The molecule has 1 unspecified atom stereocenters. The number of aliphatic hydroxyl groups is 1. The molecule has 228 valence electrons. The highest BCUT2D eigenvalue weighted by molar-refractivity contribution is 6.31. The molecule has 4 N–H and O–H groups in total. The summed E-state index contributed by atoms with van der Waals surface area (Å²) < 4.78 is 28.4. The van der Waals surface area contributed by atoms with Crippen LogP contribution in [0.25, 0.3) is 0 Å². The Bertz CT molecular complexity index is 1120. The molecular weight excluding hydrogens is 571 g/mol. The van der Waals surface area contributed by atoms with Crippen LogP contribution in [-0.2, 0) is 9.59 Å². The number of aliphatic hydroxyl groups excluding tert-OH is 1. The smallest absolute Gasteiger partial charge is 0.211 e. The third kappa shape index (κ3) is 11.9. The van der Waals surface area contributed by atoms with Gasteiger partial charge in [-0.3, -0.25) is 9.59 Å². The zero-order chi connectivity index (χ0) is 30.6. The lowest BCUT2D eigenvalue weighted by atomic mass is 9.83. The Kier molecular flexibility index (Phi) is 14.5.